The molecule has 4 rings (SSSR count). The zero-order valence-electron chi connectivity index (χ0n) is 14.8. The van der Waals surface area contributed by atoms with E-state index in [1.54, 1.807) is 42.3 Å². The van der Waals surface area contributed by atoms with Gasteiger partial charge in [0.25, 0.3) is 5.91 Å². The molecular formula is C19H17FN4O3. The zero-order valence-corrected chi connectivity index (χ0v) is 14.8. The van der Waals surface area contributed by atoms with Crippen LogP contribution in [-0.2, 0) is 0 Å². The van der Waals surface area contributed by atoms with Crippen LogP contribution in [0.3, 0.4) is 0 Å². The lowest BCUT2D eigenvalue weighted by Crippen LogP contribution is -2.42. The molecule has 0 unspecified atom stereocenters. The fourth-order valence-corrected chi connectivity index (χ4v) is 2.96. The minimum absolute atomic E-state index is 0.165. The van der Waals surface area contributed by atoms with Gasteiger partial charge >= 0.3 is 0 Å². The molecule has 138 valence electrons. The maximum atomic E-state index is 13.1. The maximum absolute atomic E-state index is 13.1. The molecule has 2 heterocycles. The monoisotopic (exact) mass is 368 g/mol. The van der Waals surface area contributed by atoms with E-state index in [1.807, 2.05) is 6.92 Å². The number of nitrogens with zero attached hydrogens (tertiary/aromatic N) is 4. The quantitative estimate of drug-likeness (QED) is 0.711. The molecule has 1 amide bonds. The van der Waals surface area contributed by atoms with E-state index in [9.17, 15) is 9.18 Å². The van der Waals surface area contributed by atoms with Gasteiger partial charge in [-0.05, 0) is 43.3 Å². The Morgan fingerprint density at radius 2 is 2.04 bits per heavy atom. The van der Waals surface area contributed by atoms with Crippen molar-refractivity contribution in [3.8, 4) is 17.2 Å². The minimum atomic E-state index is -0.344. The van der Waals surface area contributed by atoms with Gasteiger partial charge in [-0.15, -0.1) is 5.10 Å². The van der Waals surface area contributed by atoms with E-state index >= 15 is 0 Å². The number of carbonyl (C=O) groups excluding carboxylic acids is 1. The largest absolute Gasteiger partial charge is 0.497 e. The summed E-state index contributed by atoms with van der Waals surface area (Å²) >= 11 is 0. The van der Waals surface area contributed by atoms with Gasteiger partial charge < -0.3 is 9.47 Å². The number of carbonyl (C=O) groups is 1. The smallest absolute Gasteiger partial charge is 0.280 e. The molecular weight excluding hydrogens is 351 g/mol. The van der Waals surface area contributed by atoms with Gasteiger partial charge in [0.05, 0.1) is 31.2 Å². The number of benzene rings is 2. The van der Waals surface area contributed by atoms with Crippen LogP contribution in [0.2, 0.25) is 0 Å². The molecule has 0 bridgehead atoms. The Kier molecular flexibility index (Phi) is 4.23. The van der Waals surface area contributed by atoms with Crippen LogP contribution < -0.4 is 14.4 Å². The molecule has 0 saturated carbocycles. The predicted molar refractivity (Wildman–Crippen MR) is 96.1 cm³/mol. The normalized spacial score (nSPS) is 15.8. The zero-order chi connectivity index (χ0) is 19.0. The molecule has 0 spiro atoms. The van der Waals surface area contributed by atoms with E-state index in [2.05, 4.69) is 10.3 Å². The van der Waals surface area contributed by atoms with Gasteiger partial charge in [0, 0.05) is 6.07 Å². The number of halogens is 1. The standard InChI is InChI=1S/C19H17FN4O3/c1-12-10-23(17-9-15(26-2)7-8-18(17)27-12)19(25)16-11-24(22-21-16)14-5-3-13(20)4-6-14/h3-9,11-12H,10H2,1-2H3/t12-/m0/s1. The number of fused-ring (bicyclic) bond motifs is 1. The molecule has 0 N–H and O–H groups in total. The molecule has 0 saturated heterocycles. The summed E-state index contributed by atoms with van der Waals surface area (Å²) in [6.45, 7) is 2.27. The highest BCUT2D eigenvalue weighted by Gasteiger charge is 2.30. The second-order valence-corrected chi connectivity index (χ2v) is 6.20. The second kappa shape index (κ2) is 6.71. The van der Waals surface area contributed by atoms with Crippen LogP contribution in [0.1, 0.15) is 17.4 Å². The minimum Gasteiger partial charge on any atom is -0.497 e. The summed E-state index contributed by atoms with van der Waals surface area (Å²) in [5.41, 5.74) is 1.41. The number of anilines is 1. The van der Waals surface area contributed by atoms with E-state index in [4.69, 9.17) is 9.47 Å². The summed E-state index contributed by atoms with van der Waals surface area (Å²) in [7, 11) is 1.56. The number of ether oxygens (including phenoxy) is 2. The van der Waals surface area contributed by atoms with Crippen molar-refractivity contribution in [2.45, 2.75) is 13.0 Å². The number of amides is 1. The Labute approximate surface area is 154 Å². The Balaban J connectivity index is 1.66. The molecule has 8 heteroatoms. The van der Waals surface area contributed by atoms with Crippen molar-refractivity contribution in [3.63, 3.8) is 0 Å². The first-order valence-corrected chi connectivity index (χ1v) is 8.40. The molecule has 0 fully saturated rings. The third-order valence-electron chi connectivity index (χ3n) is 4.27. The highest BCUT2D eigenvalue weighted by atomic mass is 19.1. The van der Waals surface area contributed by atoms with Crippen molar-refractivity contribution in [1.29, 1.82) is 0 Å². The molecule has 1 aliphatic rings. The van der Waals surface area contributed by atoms with Gasteiger partial charge in [0.1, 0.15) is 23.4 Å². The Bertz CT molecular complexity index is 987. The number of hydrogen-bond donors (Lipinski definition) is 0. The molecule has 0 aliphatic carbocycles. The average Bonchev–Trinajstić information content (AvgIpc) is 3.17. The highest BCUT2D eigenvalue weighted by molar-refractivity contribution is 6.06. The molecule has 7 nitrogen and oxygen atoms in total. The third kappa shape index (κ3) is 3.21. The number of aromatic nitrogens is 3. The molecule has 27 heavy (non-hydrogen) atoms. The van der Waals surface area contributed by atoms with Crippen molar-refractivity contribution in [2.75, 3.05) is 18.6 Å². The predicted octanol–water partition coefficient (Wildman–Crippen LogP) is 2.84. The van der Waals surface area contributed by atoms with Gasteiger partial charge in [0.2, 0.25) is 0 Å². The molecule has 2 aromatic carbocycles. The van der Waals surface area contributed by atoms with Gasteiger partial charge in [-0.3, -0.25) is 9.69 Å². The molecule has 1 aromatic heterocycles. The van der Waals surface area contributed by atoms with Gasteiger partial charge in [0.15, 0.2) is 5.69 Å². The van der Waals surface area contributed by atoms with Crippen LogP contribution >= 0.6 is 0 Å². The van der Waals surface area contributed by atoms with Crippen LogP contribution in [0, 0.1) is 5.82 Å². The van der Waals surface area contributed by atoms with Crippen molar-refractivity contribution < 1.29 is 18.7 Å². The molecule has 3 aromatic rings. The summed E-state index contributed by atoms with van der Waals surface area (Å²) in [6, 6.07) is 11.1. The fourth-order valence-electron chi connectivity index (χ4n) is 2.96. The van der Waals surface area contributed by atoms with E-state index in [0.717, 1.165) is 0 Å². The SMILES string of the molecule is COc1ccc2c(c1)N(C(=O)c1cn(-c3ccc(F)cc3)nn1)C[C@H](C)O2. The van der Waals surface area contributed by atoms with E-state index in [0.29, 0.717) is 29.4 Å². The van der Waals surface area contributed by atoms with Crippen LogP contribution in [0.4, 0.5) is 10.1 Å². The lowest BCUT2D eigenvalue weighted by molar-refractivity contribution is 0.0956. The van der Waals surface area contributed by atoms with Crippen LogP contribution in [0.15, 0.2) is 48.7 Å². The lowest BCUT2D eigenvalue weighted by atomic mass is 10.1. The molecule has 1 atom stereocenters. The van der Waals surface area contributed by atoms with E-state index in [-0.39, 0.29) is 23.5 Å². The summed E-state index contributed by atoms with van der Waals surface area (Å²) < 4.78 is 25.6. The van der Waals surface area contributed by atoms with Gasteiger partial charge in [-0.1, -0.05) is 5.21 Å². The Hall–Kier alpha value is -3.42. The summed E-state index contributed by atoms with van der Waals surface area (Å²) in [6.07, 6.45) is 1.36. The first kappa shape index (κ1) is 17.0. The second-order valence-electron chi connectivity index (χ2n) is 6.20. The topological polar surface area (TPSA) is 69.5 Å². The fraction of sp³-hybridized carbons (Fsp3) is 0.211. The first-order chi connectivity index (χ1) is 13.0. The Morgan fingerprint density at radius 1 is 1.26 bits per heavy atom. The maximum Gasteiger partial charge on any atom is 0.280 e. The number of methoxy groups -OCH3 is 1. The summed E-state index contributed by atoms with van der Waals surface area (Å²) in [5, 5.41) is 7.97. The third-order valence-corrected chi connectivity index (χ3v) is 4.27. The number of rotatable bonds is 3. The summed E-state index contributed by atoms with van der Waals surface area (Å²) in [5.74, 6) is 0.588. The van der Waals surface area contributed by atoms with Crippen LogP contribution in [0.5, 0.6) is 11.5 Å². The van der Waals surface area contributed by atoms with Crippen molar-refractivity contribution in [2.24, 2.45) is 0 Å². The van der Waals surface area contributed by atoms with Crippen LogP contribution in [0.25, 0.3) is 5.69 Å². The molecule has 1 aliphatic heterocycles. The average molecular weight is 368 g/mol. The highest BCUT2D eigenvalue weighted by Crippen LogP contribution is 2.37. The molecule has 0 radical (unpaired) electrons. The van der Waals surface area contributed by atoms with Crippen molar-refractivity contribution in [3.05, 3.63) is 60.2 Å². The van der Waals surface area contributed by atoms with Gasteiger partial charge in [-0.2, -0.15) is 0 Å². The Morgan fingerprint density at radius 3 is 2.78 bits per heavy atom. The van der Waals surface area contributed by atoms with Crippen molar-refractivity contribution in [1.82, 2.24) is 15.0 Å². The van der Waals surface area contributed by atoms with E-state index in [1.165, 1.54) is 23.0 Å². The van der Waals surface area contributed by atoms with Gasteiger partial charge in [-0.25, -0.2) is 9.07 Å². The number of hydrogen-bond acceptors (Lipinski definition) is 5. The van der Waals surface area contributed by atoms with Crippen molar-refractivity contribution >= 4 is 11.6 Å². The lowest BCUT2D eigenvalue weighted by Gasteiger charge is -2.33. The summed E-state index contributed by atoms with van der Waals surface area (Å²) in [4.78, 5) is 14.7. The van der Waals surface area contributed by atoms with E-state index < -0.39 is 0 Å². The van der Waals surface area contributed by atoms with Crippen LogP contribution in [-0.4, -0.2) is 40.7 Å². The first-order valence-electron chi connectivity index (χ1n) is 8.40.